The van der Waals surface area contributed by atoms with Gasteiger partial charge < -0.3 is 4.74 Å². The van der Waals surface area contributed by atoms with Crippen molar-refractivity contribution in [2.45, 2.75) is 244 Å². The zero-order valence-electron chi connectivity index (χ0n) is 35.2. The first-order chi connectivity index (χ1) is 20.5. The fourth-order valence-electron chi connectivity index (χ4n) is 3.02. The first-order valence-electron chi connectivity index (χ1n) is 19.1. The van der Waals surface area contributed by atoms with Crippen LogP contribution in [0.5, 0.6) is 0 Å². The molecule has 0 amide bonds. The van der Waals surface area contributed by atoms with Gasteiger partial charge in [0.05, 0.1) is 0 Å². The minimum Gasteiger partial charge on any atom is -0.381 e. The molecule has 0 bridgehead atoms. The lowest BCUT2D eigenvalue weighted by atomic mass is 10.0. The first-order valence-corrected chi connectivity index (χ1v) is 19.1. The number of hydrogen-bond donors (Lipinski definition) is 0. The topological polar surface area (TPSA) is 9.23 Å². The highest BCUT2D eigenvalue weighted by Gasteiger charge is 1.98. The Balaban J connectivity index is -0.0000000524. The number of rotatable bonds is 0. The molecule has 0 unspecified atom stereocenters. The van der Waals surface area contributed by atoms with E-state index in [1.165, 1.54) is 89.9 Å². The van der Waals surface area contributed by atoms with Crippen LogP contribution in [0.1, 0.15) is 244 Å². The van der Waals surface area contributed by atoms with Crippen molar-refractivity contribution in [2.24, 2.45) is 21.7 Å². The second-order valence-electron chi connectivity index (χ2n) is 18.7. The Kier molecular flexibility index (Phi) is 67.3. The molecule has 0 aromatic heterocycles. The first kappa shape index (κ1) is 69.9. The molecule has 0 N–H and O–H groups in total. The lowest BCUT2D eigenvalue weighted by molar-refractivity contribution is 0.0968. The van der Waals surface area contributed by atoms with Crippen molar-refractivity contribution in [1.29, 1.82) is 0 Å². The normalized spacial score (nSPS) is 14.3. The third-order valence-corrected chi connectivity index (χ3v) is 4.49. The van der Waals surface area contributed by atoms with Crippen molar-refractivity contribution in [3.8, 4) is 0 Å². The average Bonchev–Trinajstić information content (AvgIpc) is 3.51. The maximum atomic E-state index is 5.07. The molecule has 0 atom stereocenters. The molecule has 4 rings (SSSR count). The Morgan fingerprint density at radius 2 is 0.367 bits per heavy atom. The van der Waals surface area contributed by atoms with Gasteiger partial charge in [-0.2, -0.15) is 0 Å². The zero-order valence-corrected chi connectivity index (χ0v) is 35.2. The second kappa shape index (κ2) is 47.2. The van der Waals surface area contributed by atoms with Gasteiger partial charge in [0.15, 0.2) is 0 Å². The fourth-order valence-corrected chi connectivity index (χ4v) is 3.02. The third kappa shape index (κ3) is 196. The summed E-state index contributed by atoms with van der Waals surface area (Å²) in [6.07, 6.45) is 20.4. The Morgan fingerprint density at radius 1 is 0.265 bits per heavy atom. The molecule has 3 fully saturated rings. The van der Waals surface area contributed by atoms with Gasteiger partial charge in [0.2, 0.25) is 0 Å². The van der Waals surface area contributed by atoms with E-state index in [-0.39, 0.29) is 29.7 Å². The van der Waals surface area contributed by atoms with E-state index in [9.17, 15) is 0 Å². The molecule has 306 valence electrons. The van der Waals surface area contributed by atoms with Crippen molar-refractivity contribution < 1.29 is 4.74 Å². The van der Waals surface area contributed by atoms with Gasteiger partial charge in [0.1, 0.15) is 0 Å². The van der Waals surface area contributed by atoms with Gasteiger partial charge in [0, 0.05) is 13.2 Å². The van der Waals surface area contributed by atoms with Gasteiger partial charge in [-0.1, -0.05) is 261 Å². The summed E-state index contributed by atoms with van der Waals surface area (Å²) in [7, 11) is 0. The summed E-state index contributed by atoms with van der Waals surface area (Å²) in [5.41, 5.74) is 2.00. The molecule has 1 aromatic rings. The second-order valence-corrected chi connectivity index (χ2v) is 18.7. The highest BCUT2D eigenvalue weighted by Crippen LogP contribution is 2.16. The Hall–Kier alpha value is -0.820. The number of ether oxygens (including phenoxy) is 1. The van der Waals surface area contributed by atoms with E-state index < -0.39 is 0 Å². The maximum absolute atomic E-state index is 5.07. The standard InChI is InChI=1S/C6H12.C6H6.C5H10O.C5H10.4C5H12.C2H6.4CH4/c3*1-2-4-6-5-3-1;1-2-4-5-3-1;4*1-5(2,3)4;1-2;;;;/h1-6H2;1-6H;1-5H2;1-5H2;4*1-4H3;1-2H3;4*1H4. The summed E-state index contributed by atoms with van der Waals surface area (Å²) >= 11 is 0. The molecule has 0 spiro atoms. The molecule has 1 nitrogen and oxygen atoms in total. The number of hydrogen-bond acceptors (Lipinski definition) is 1. The highest BCUT2D eigenvalue weighted by atomic mass is 16.5. The van der Waals surface area contributed by atoms with Gasteiger partial charge in [-0.3, -0.25) is 0 Å². The van der Waals surface area contributed by atoms with Crippen LogP contribution in [-0.2, 0) is 4.74 Å². The molecule has 2 saturated carbocycles. The Labute approximate surface area is 319 Å². The van der Waals surface area contributed by atoms with Crippen molar-refractivity contribution in [3.05, 3.63) is 36.4 Å². The predicted molar refractivity (Wildman–Crippen MR) is 241 cm³/mol. The van der Waals surface area contributed by atoms with Gasteiger partial charge in [0.25, 0.3) is 0 Å². The Bertz CT molecular complexity index is 450. The van der Waals surface area contributed by atoms with Crippen LogP contribution in [0.25, 0.3) is 0 Å². The quantitative estimate of drug-likeness (QED) is 0.262. The summed E-state index contributed by atoms with van der Waals surface area (Å²) in [5, 5.41) is 0. The zero-order chi connectivity index (χ0) is 36.3. The van der Waals surface area contributed by atoms with Crippen molar-refractivity contribution in [1.82, 2.24) is 0 Å². The summed E-state index contributed by atoms with van der Waals surface area (Å²) in [6.45, 7) is 41.0. The molecule has 2 aliphatic carbocycles. The van der Waals surface area contributed by atoms with Crippen molar-refractivity contribution >= 4 is 0 Å². The van der Waals surface area contributed by atoms with Crippen molar-refractivity contribution in [3.63, 3.8) is 0 Å². The summed E-state index contributed by atoms with van der Waals surface area (Å²) < 4.78 is 5.07. The van der Waals surface area contributed by atoms with E-state index in [1.54, 1.807) is 0 Å². The van der Waals surface area contributed by atoms with Crippen LogP contribution < -0.4 is 0 Å². The smallest absolute Gasteiger partial charge is 0.0466 e. The Morgan fingerprint density at radius 3 is 0.429 bits per heavy atom. The largest absolute Gasteiger partial charge is 0.381 e. The van der Waals surface area contributed by atoms with E-state index in [4.69, 9.17) is 4.74 Å². The highest BCUT2D eigenvalue weighted by molar-refractivity contribution is 4.99. The summed E-state index contributed by atoms with van der Waals surface area (Å²) in [4.78, 5) is 0. The minimum atomic E-state index is 0. The molecule has 0 radical (unpaired) electrons. The van der Waals surface area contributed by atoms with Crippen LogP contribution in [0.2, 0.25) is 0 Å². The van der Waals surface area contributed by atoms with Crippen LogP contribution in [0.3, 0.4) is 0 Å². The minimum absolute atomic E-state index is 0. The van der Waals surface area contributed by atoms with E-state index in [2.05, 4.69) is 111 Å². The molecular weight excluding hydrogens is 593 g/mol. The fraction of sp³-hybridized carbons (Fsp3) is 0.875. The monoisotopic (exact) mass is 701 g/mol. The SMILES string of the molecule is C.C.C.C.C1CCCC1.C1CCCCC1.C1CCOCC1.CC.CC(C)(C)C.CC(C)(C)C.CC(C)(C)C.CC(C)(C)C.c1ccccc1. The maximum Gasteiger partial charge on any atom is 0.0466 e. The summed E-state index contributed by atoms with van der Waals surface area (Å²) in [5.74, 6) is 0. The lowest BCUT2D eigenvalue weighted by Gasteiger charge is -2.08. The van der Waals surface area contributed by atoms with Gasteiger partial charge in [-0.15, -0.1) is 0 Å². The molecule has 1 heterocycles. The van der Waals surface area contributed by atoms with Crippen LogP contribution in [0.15, 0.2) is 36.4 Å². The van der Waals surface area contributed by atoms with Gasteiger partial charge >= 0.3 is 0 Å². The van der Waals surface area contributed by atoms with Crippen LogP contribution >= 0.6 is 0 Å². The predicted octanol–water partition coefficient (Wildman–Crippen LogP) is 18.9. The van der Waals surface area contributed by atoms with Crippen molar-refractivity contribution in [2.75, 3.05) is 13.2 Å². The van der Waals surface area contributed by atoms with Crippen LogP contribution in [-0.4, -0.2) is 13.2 Å². The molecule has 1 aliphatic heterocycles. The van der Waals surface area contributed by atoms with Gasteiger partial charge in [-0.05, 0) is 40.9 Å². The molecule has 1 aromatic carbocycles. The van der Waals surface area contributed by atoms with E-state index in [0.29, 0.717) is 21.7 Å². The molecule has 1 heteroatoms. The summed E-state index contributed by atoms with van der Waals surface area (Å²) in [6, 6.07) is 12.0. The van der Waals surface area contributed by atoms with E-state index in [1.807, 2.05) is 50.2 Å². The van der Waals surface area contributed by atoms with E-state index in [0.717, 1.165) is 13.2 Å². The molecule has 1 saturated heterocycles. The van der Waals surface area contributed by atoms with Crippen LogP contribution in [0.4, 0.5) is 0 Å². The van der Waals surface area contributed by atoms with Crippen LogP contribution in [0, 0.1) is 21.7 Å². The van der Waals surface area contributed by atoms with E-state index >= 15 is 0 Å². The lowest BCUT2D eigenvalue weighted by Crippen LogP contribution is -2.03. The van der Waals surface area contributed by atoms with Gasteiger partial charge in [-0.25, -0.2) is 0 Å². The third-order valence-electron chi connectivity index (χ3n) is 4.49. The number of benzene rings is 1. The molecule has 3 aliphatic rings. The molecule has 49 heavy (non-hydrogen) atoms. The average molecular weight is 701 g/mol. The molecular formula is C48H108O.